The average molecular weight is 480 g/mol. The molecule has 1 saturated carbocycles. The maximum absolute atomic E-state index is 9.95. The van der Waals surface area contributed by atoms with Crippen LogP contribution in [0.25, 0.3) is 17.3 Å². The number of allylic oxidation sites excluding steroid dienone is 1. The molecule has 1 aliphatic carbocycles. The van der Waals surface area contributed by atoms with E-state index in [1.165, 1.54) is 22.8 Å². The summed E-state index contributed by atoms with van der Waals surface area (Å²) in [7, 11) is 0. The lowest BCUT2D eigenvalue weighted by Gasteiger charge is -2.29. The molecule has 0 radical (unpaired) electrons. The zero-order valence-electron chi connectivity index (χ0n) is 19.1. The van der Waals surface area contributed by atoms with E-state index in [0.29, 0.717) is 5.92 Å². The largest absolute Gasteiger partial charge is 0.504 e. The number of benzene rings is 3. The number of hydrazone groups is 1. The molecule has 0 bridgehead atoms. The molecule has 0 amide bonds. The average Bonchev–Trinajstić information content (AvgIpc) is 3.53. The van der Waals surface area contributed by atoms with Crippen molar-refractivity contribution < 1.29 is 10.2 Å². The van der Waals surface area contributed by atoms with Gasteiger partial charge in [0, 0.05) is 16.9 Å². The summed E-state index contributed by atoms with van der Waals surface area (Å²) in [5, 5.41) is 29.7. The Morgan fingerprint density at radius 3 is 2.46 bits per heavy atom. The van der Waals surface area contributed by atoms with Crippen molar-refractivity contribution in [2.75, 3.05) is 5.01 Å². The fourth-order valence-corrected chi connectivity index (χ4v) is 5.90. The summed E-state index contributed by atoms with van der Waals surface area (Å²) in [4.78, 5) is 4.90. The van der Waals surface area contributed by atoms with E-state index in [-0.39, 0.29) is 17.5 Å². The zero-order valence-corrected chi connectivity index (χ0v) is 19.9. The maximum atomic E-state index is 9.95. The number of rotatable bonds is 4. The predicted octanol–water partition coefficient (Wildman–Crippen LogP) is 7.02. The molecule has 35 heavy (non-hydrogen) atoms. The molecular weight excluding hydrogens is 454 g/mol. The van der Waals surface area contributed by atoms with E-state index in [0.717, 1.165) is 41.4 Å². The molecule has 1 aliphatic heterocycles. The third-order valence-corrected chi connectivity index (χ3v) is 7.57. The van der Waals surface area contributed by atoms with Crippen LogP contribution in [0.2, 0.25) is 0 Å². The van der Waals surface area contributed by atoms with Crippen LogP contribution in [0.3, 0.4) is 0 Å². The minimum atomic E-state index is -0.151. The van der Waals surface area contributed by atoms with Gasteiger partial charge in [-0.3, -0.25) is 0 Å². The number of hydrogen-bond acceptors (Lipinski definition) is 6. The topological polar surface area (TPSA) is 69.0 Å². The van der Waals surface area contributed by atoms with Gasteiger partial charge in [-0.15, -0.1) is 11.3 Å². The number of aromatic nitrogens is 1. The number of thiazole rings is 1. The lowest BCUT2D eigenvalue weighted by atomic mass is 9.77. The highest BCUT2D eigenvalue weighted by Crippen LogP contribution is 2.47. The van der Waals surface area contributed by atoms with Gasteiger partial charge in [0.1, 0.15) is 0 Å². The van der Waals surface area contributed by atoms with Gasteiger partial charge in [0.2, 0.25) is 5.13 Å². The highest BCUT2D eigenvalue weighted by atomic mass is 32.1. The molecule has 174 valence electrons. The second-order valence-electron chi connectivity index (χ2n) is 8.98. The van der Waals surface area contributed by atoms with Gasteiger partial charge in [0.05, 0.1) is 17.4 Å². The predicted molar refractivity (Wildman–Crippen MR) is 142 cm³/mol. The molecule has 1 aromatic heterocycles. The van der Waals surface area contributed by atoms with Gasteiger partial charge in [-0.05, 0) is 60.2 Å². The van der Waals surface area contributed by atoms with Crippen molar-refractivity contribution in [2.24, 2.45) is 11.0 Å². The van der Waals surface area contributed by atoms with Crippen LogP contribution < -0.4 is 5.01 Å². The molecule has 2 heterocycles. The molecule has 5 nitrogen and oxygen atoms in total. The number of nitrogens with zero attached hydrogens (tertiary/aromatic N) is 3. The number of phenolic OH excluding ortho intramolecular Hbond substituents is 2. The highest BCUT2D eigenvalue weighted by Gasteiger charge is 2.42. The monoisotopic (exact) mass is 479 g/mol. The van der Waals surface area contributed by atoms with Crippen molar-refractivity contribution in [1.29, 1.82) is 0 Å². The van der Waals surface area contributed by atoms with Crippen molar-refractivity contribution in [3.8, 4) is 22.8 Å². The smallest absolute Gasteiger partial charge is 0.207 e. The summed E-state index contributed by atoms with van der Waals surface area (Å²) < 4.78 is 0. The van der Waals surface area contributed by atoms with Crippen LogP contribution in [0, 0.1) is 5.92 Å². The minimum absolute atomic E-state index is 0.0814. The van der Waals surface area contributed by atoms with Crippen LogP contribution >= 0.6 is 11.3 Å². The highest BCUT2D eigenvalue weighted by molar-refractivity contribution is 7.14. The molecule has 2 aliphatic rings. The normalized spacial score (nSPS) is 20.6. The Hall–Kier alpha value is -3.90. The molecule has 0 spiro atoms. The minimum Gasteiger partial charge on any atom is -0.504 e. The Bertz CT molecular complexity index is 1410. The fraction of sp³-hybridized carbons (Fsp3) is 0.172. The van der Waals surface area contributed by atoms with Crippen LogP contribution in [0.1, 0.15) is 36.4 Å². The third-order valence-electron chi connectivity index (χ3n) is 6.74. The van der Waals surface area contributed by atoms with Crippen LogP contribution in [-0.2, 0) is 0 Å². The third kappa shape index (κ3) is 4.10. The Labute approximate surface area is 208 Å². The Balaban J connectivity index is 1.42. The first kappa shape index (κ1) is 21.6. The van der Waals surface area contributed by atoms with E-state index in [9.17, 15) is 10.2 Å². The van der Waals surface area contributed by atoms with Gasteiger partial charge < -0.3 is 10.2 Å². The van der Waals surface area contributed by atoms with E-state index in [4.69, 9.17) is 10.1 Å². The standard InChI is InChI=1S/C29H25N3O2S/c33-25-15-14-21(17-26(25)34)24-18-35-29(30-24)32-28(20-10-5-2-6-11-20)23-13-7-12-22(27(23)31-32)16-19-8-3-1-4-9-19/h1-6,8-11,14-18,23,28,33-34H,7,12-13H2/b22-16+/t23-,28+/m0/s1. The molecule has 1 fully saturated rings. The van der Waals surface area contributed by atoms with Crippen LogP contribution in [0.4, 0.5) is 5.13 Å². The first-order chi connectivity index (χ1) is 17.2. The SMILES string of the molecule is Oc1ccc(-c2csc(N3N=C4/C(=C/c5ccccc5)CCC[C@@H]4[C@H]3c3ccccc3)n2)cc1O. The van der Waals surface area contributed by atoms with Gasteiger partial charge in [-0.2, -0.15) is 5.10 Å². The van der Waals surface area contributed by atoms with Gasteiger partial charge in [0.15, 0.2) is 11.5 Å². The van der Waals surface area contributed by atoms with E-state index < -0.39 is 0 Å². The van der Waals surface area contributed by atoms with E-state index >= 15 is 0 Å². The molecule has 6 heteroatoms. The van der Waals surface area contributed by atoms with Crippen molar-refractivity contribution in [3.05, 3.63) is 101 Å². The molecule has 2 atom stereocenters. The summed E-state index contributed by atoms with van der Waals surface area (Å²) in [6, 6.07) is 25.9. The van der Waals surface area contributed by atoms with Crippen LogP contribution in [0.5, 0.6) is 11.5 Å². The summed E-state index contributed by atoms with van der Waals surface area (Å²) in [5.74, 6) is 0.00890. The van der Waals surface area contributed by atoms with E-state index in [1.807, 2.05) is 17.5 Å². The molecule has 2 N–H and O–H groups in total. The number of fused-ring (bicyclic) bond motifs is 1. The molecule has 6 rings (SSSR count). The number of anilines is 1. The van der Waals surface area contributed by atoms with Crippen molar-refractivity contribution in [2.45, 2.75) is 25.3 Å². The van der Waals surface area contributed by atoms with Crippen molar-refractivity contribution in [3.63, 3.8) is 0 Å². The van der Waals surface area contributed by atoms with Crippen LogP contribution in [-0.4, -0.2) is 20.9 Å². The summed E-state index contributed by atoms with van der Waals surface area (Å²) >= 11 is 1.54. The number of phenols is 2. The Kier molecular flexibility index (Phi) is 5.58. The Morgan fingerprint density at radius 1 is 0.914 bits per heavy atom. The summed E-state index contributed by atoms with van der Waals surface area (Å²) in [5.41, 5.74) is 6.40. The fourth-order valence-electron chi connectivity index (χ4n) is 5.08. The molecular formula is C29H25N3O2S. The maximum Gasteiger partial charge on any atom is 0.207 e. The second kappa shape index (κ2) is 9.04. The molecule has 0 saturated heterocycles. The quantitative estimate of drug-likeness (QED) is 0.309. The zero-order chi connectivity index (χ0) is 23.8. The summed E-state index contributed by atoms with van der Waals surface area (Å²) in [6.07, 6.45) is 5.53. The van der Waals surface area contributed by atoms with E-state index in [1.54, 1.807) is 23.5 Å². The molecule has 0 unspecified atom stereocenters. The lowest BCUT2D eigenvalue weighted by molar-refractivity contribution is 0.404. The lowest BCUT2D eigenvalue weighted by Crippen LogP contribution is -2.28. The van der Waals surface area contributed by atoms with Gasteiger partial charge in [-0.1, -0.05) is 60.7 Å². The second-order valence-corrected chi connectivity index (χ2v) is 9.82. The molecule has 3 aromatic carbocycles. The summed E-state index contributed by atoms with van der Waals surface area (Å²) in [6.45, 7) is 0. The first-order valence-electron chi connectivity index (χ1n) is 11.8. The van der Waals surface area contributed by atoms with Gasteiger partial charge in [0.25, 0.3) is 0 Å². The van der Waals surface area contributed by atoms with Crippen LogP contribution in [0.15, 0.2) is 94.9 Å². The number of hydrogen-bond donors (Lipinski definition) is 2. The molecule has 4 aromatic rings. The van der Waals surface area contributed by atoms with Crippen molar-refractivity contribution >= 4 is 28.3 Å². The Morgan fingerprint density at radius 2 is 1.69 bits per heavy atom. The number of aromatic hydroxyl groups is 2. The van der Waals surface area contributed by atoms with Gasteiger partial charge in [-0.25, -0.2) is 9.99 Å². The van der Waals surface area contributed by atoms with Crippen molar-refractivity contribution in [1.82, 2.24) is 4.98 Å². The van der Waals surface area contributed by atoms with Gasteiger partial charge >= 0.3 is 0 Å². The first-order valence-corrected chi connectivity index (χ1v) is 12.7. The van der Waals surface area contributed by atoms with E-state index in [2.05, 4.69) is 59.6 Å².